The zero-order valence-corrected chi connectivity index (χ0v) is 13.6. The summed E-state index contributed by atoms with van der Waals surface area (Å²) in [6.45, 7) is 2.57. The van der Waals surface area contributed by atoms with Gasteiger partial charge in [0, 0.05) is 11.9 Å². The topological polar surface area (TPSA) is 99.5 Å². The molecule has 0 atom stereocenters. The quantitative estimate of drug-likeness (QED) is 0.673. The Morgan fingerprint density at radius 3 is 2.60 bits per heavy atom. The van der Waals surface area contributed by atoms with Crippen LogP contribution in [0.3, 0.4) is 0 Å². The van der Waals surface area contributed by atoms with Gasteiger partial charge in [-0.2, -0.15) is 10.5 Å². The van der Waals surface area contributed by atoms with Crippen LogP contribution in [0.1, 0.15) is 17.0 Å². The first-order chi connectivity index (χ1) is 12.2. The number of benzene rings is 2. The number of anilines is 1. The minimum atomic E-state index is 0.244. The molecule has 0 radical (unpaired) electrons. The van der Waals surface area contributed by atoms with Gasteiger partial charge in [-0.3, -0.25) is 0 Å². The second-order valence-corrected chi connectivity index (χ2v) is 5.35. The second kappa shape index (κ2) is 7.75. The van der Waals surface area contributed by atoms with Crippen LogP contribution < -0.4 is 10.1 Å². The monoisotopic (exact) mass is 332 g/mol. The number of nitrogens with zero attached hydrogens (tertiary/aromatic N) is 4. The number of aromatic nitrogens is 4. The summed E-state index contributed by atoms with van der Waals surface area (Å²) in [4.78, 5) is 0. The van der Waals surface area contributed by atoms with E-state index in [1.54, 1.807) is 0 Å². The lowest BCUT2D eigenvalue weighted by Gasteiger charge is -2.08. The molecular weight excluding hydrogens is 316 g/mol. The molecule has 2 N–H and O–H groups in total. The number of allylic oxidation sites excluding steroid dienone is 1. The summed E-state index contributed by atoms with van der Waals surface area (Å²) in [5.41, 5.74) is 3.45. The normalized spacial score (nSPS) is 11.0. The Morgan fingerprint density at radius 1 is 1.20 bits per heavy atom. The van der Waals surface area contributed by atoms with Gasteiger partial charge in [-0.05, 0) is 42.0 Å². The predicted molar refractivity (Wildman–Crippen MR) is 93.3 cm³/mol. The SMILES string of the molecule is Cc1ccc(COc2ccc(NC=C(C#N)c3nn[nH]n3)cc2)cc1. The van der Waals surface area contributed by atoms with Gasteiger partial charge in [-0.15, -0.1) is 10.2 Å². The van der Waals surface area contributed by atoms with Gasteiger partial charge in [0.15, 0.2) is 0 Å². The molecule has 0 fully saturated rings. The molecule has 25 heavy (non-hydrogen) atoms. The average Bonchev–Trinajstić information content (AvgIpc) is 3.17. The molecule has 0 bridgehead atoms. The van der Waals surface area contributed by atoms with E-state index < -0.39 is 0 Å². The highest BCUT2D eigenvalue weighted by Crippen LogP contribution is 2.18. The molecule has 3 rings (SSSR count). The molecule has 1 heterocycles. The maximum atomic E-state index is 9.12. The molecule has 7 heteroatoms. The molecule has 0 unspecified atom stereocenters. The fourth-order valence-corrected chi connectivity index (χ4v) is 2.08. The van der Waals surface area contributed by atoms with Crippen molar-refractivity contribution in [3.63, 3.8) is 0 Å². The Labute approximate surface area is 145 Å². The fourth-order valence-electron chi connectivity index (χ4n) is 2.08. The van der Waals surface area contributed by atoms with E-state index in [1.807, 2.05) is 30.3 Å². The van der Waals surface area contributed by atoms with Gasteiger partial charge in [-0.1, -0.05) is 29.8 Å². The van der Waals surface area contributed by atoms with Crippen LogP contribution in [0.4, 0.5) is 5.69 Å². The molecule has 124 valence electrons. The number of aromatic amines is 1. The van der Waals surface area contributed by atoms with Gasteiger partial charge in [-0.25, -0.2) is 0 Å². The van der Waals surface area contributed by atoms with Gasteiger partial charge in [0.2, 0.25) is 5.82 Å². The molecule has 0 saturated carbocycles. The number of rotatable bonds is 6. The lowest BCUT2D eigenvalue weighted by atomic mass is 10.2. The van der Waals surface area contributed by atoms with E-state index in [9.17, 15) is 0 Å². The first-order valence-electron chi connectivity index (χ1n) is 7.63. The molecule has 2 aromatic carbocycles. The van der Waals surface area contributed by atoms with E-state index in [4.69, 9.17) is 10.00 Å². The maximum absolute atomic E-state index is 9.12. The van der Waals surface area contributed by atoms with Gasteiger partial charge >= 0.3 is 0 Å². The number of H-pyrrole nitrogens is 1. The molecule has 0 spiro atoms. The third-order valence-corrected chi connectivity index (χ3v) is 3.47. The van der Waals surface area contributed by atoms with Crippen molar-refractivity contribution in [2.75, 3.05) is 5.32 Å². The average molecular weight is 332 g/mol. The summed E-state index contributed by atoms with van der Waals surface area (Å²) in [5.74, 6) is 1.02. The van der Waals surface area contributed by atoms with Gasteiger partial charge < -0.3 is 10.1 Å². The first-order valence-corrected chi connectivity index (χ1v) is 7.63. The van der Waals surface area contributed by atoms with Crippen molar-refractivity contribution >= 4 is 11.3 Å². The Bertz CT molecular complexity index is 877. The number of tetrazole rings is 1. The summed E-state index contributed by atoms with van der Waals surface area (Å²) in [7, 11) is 0. The minimum absolute atomic E-state index is 0.244. The molecule has 0 amide bonds. The van der Waals surface area contributed by atoms with Crippen LogP contribution in [0, 0.1) is 18.3 Å². The van der Waals surface area contributed by atoms with E-state index in [2.05, 4.69) is 57.1 Å². The molecule has 0 aliphatic heterocycles. The van der Waals surface area contributed by atoms with Crippen LogP contribution in [0.2, 0.25) is 0 Å². The van der Waals surface area contributed by atoms with Crippen LogP contribution in [0.15, 0.2) is 54.7 Å². The minimum Gasteiger partial charge on any atom is -0.489 e. The van der Waals surface area contributed by atoms with E-state index >= 15 is 0 Å². The summed E-state index contributed by atoms with van der Waals surface area (Å²) in [6, 6.07) is 17.7. The maximum Gasteiger partial charge on any atom is 0.216 e. The van der Waals surface area contributed by atoms with Crippen molar-refractivity contribution in [2.45, 2.75) is 13.5 Å². The number of ether oxygens (including phenoxy) is 1. The zero-order chi connectivity index (χ0) is 17.5. The third-order valence-electron chi connectivity index (χ3n) is 3.47. The Kier molecular flexibility index (Phi) is 5.02. The van der Waals surface area contributed by atoms with Crippen molar-refractivity contribution in [3.05, 3.63) is 71.7 Å². The number of aryl methyl sites for hydroxylation is 1. The van der Waals surface area contributed by atoms with Crippen LogP contribution in [0.25, 0.3) is 5.57 Å². The fraction of sp³-hybridized carbons (Fsp3) is 0.111. The number of hydrogen-bond donors (Lipinski definition) is 2. The van der Waals surface area contributed by atoms with E-state index in [1.165, 1.54) is 11.8 Å². The summed E-state index contributed by atoms with van der Waals surface area (Å²) in [5, 5.41) is 25.4. The molecule has 3 aromatic rings. The summed E-state index contributed by atoms with van der Waals surface area (Å²) in [6.07, 6.45) is 1.53. The smallest absolute Gasteiger partial charge is 0.216 e. The number of hydrogen-bond acceptors (Lipinski definition) is 6. The van der Waals surface area contributed by atoms with Crippen molar-refractivity contribution in [1.82, 2.24) is 20.6 Å². The van der Waals surface area contributed by atoms with E-state index in [-0.39, 0.29) is 11.4 Å². The van der Waals surface area contributed by atoms with Crippen LogP contribution >= 0.6 is 0 Å². The molecule has 0 aliphatic carbocycles. The highest BCUT2D eigenvalue weighted by Gasteiger charge is 2.05. The van der Waals surface area contributed by atoms with E-state index in [0.717, 1.165) is 17.0 Å². The van der Waals surface area contributed by atoms with Gasteiger partial charge in [0.1, 0.15) is 24.0 Å². The standard InChI is InChI=1S/C18H16N6O/c1-13-2-4-14(5-3-13)12-25-17-8-6-16(7-9-17)20-11-15(10-19)18-21-23-24-22-18/h2-9,11,20H,12H2,1H3,(H,21,22,23,24). The van der Waals surface area contributed by atoms with Crippen LogP contribution in [-0.4, -0.2) is 20.6 Å². The summed E-state index contributed by atoms with van der Waals surface area (Å²) >= 11 is 0. The predicted octanol–water partition coefficient (Wildman–Crippen LogP) is 3.06. The second-order valence-electron chi connectivity index (χ2n) is 5.35. The Morgan fingerprint density at radius 2 is 1.96 bits per heavy atom. The van der Waals surface area contributed by atoms with Gasteiger partial charge in [0.05, 0.1) is 0 Å². The highest BCUT2D eigenvalue weighted by atomic mass is 16.5. The van der Waals surface area contributed by atoms with Crippen LogP contribution in [-0.2, 0) is 6.61 Å². The summed E-state index contributed by atoms with van der Waals surface area (Å²) < 4.78 is 5.76. The third kappa shape index (κ3) is 4.42. The van der Waals surface area contributed by atoms with Crippen molar-refractivity contribution < 1.29 is 4.74 Å². The first kappa shape index (κ1) is 16.2. The Balaban J connectivity index is 1.58. The molecule has 0 aliphatic rings. The lowest BCUT2D eigenvalue weighted by Crippen LogP contribution is -1.96. The Hall–Kier alpha value is -3.66. The van der Waals surface area contributed by atoms with E-state index in [0.29, 0.717) is 6.61 Å². The molecule has 1 aromatic heterocycles. The largest absolute Gasteiger partial charge is 0.489 e. The van der Waals surface area contributed by atoms with Crippen molar-refractivity contribution in [3.8, 4) is 11.8 Å². The zero-order valence-electron chi connectivity index (χ0n) is 13.6. The number of nitriles is 1. The van der Waals surface area contributed by atoms with Crippen LogP contribution in [0.5, 0.6) is 5.75 Å². The van der Waals surface area contributed by atoms with Gasteiger partial charge in [0.25, 0.3) is 0 Å². The number of nitrogens with one attached hydrogen (secondary N) is 2. The lowest BCUT2D eigenvalue weighted by molar-refractivity contribution is 0.306. The molecular formula is C18H16N6O. The molecule has 0 saturated heterocycles. The molecule has 7 nitrogen and oxygen atoms in total. The highest BCUT2D eigenvalue weighted by molar-refractivity contribution is 5.74. The van der Waals surface area contributed by atoms with Crippen molar-refractivity contribution in [2.24, 2.45) is 0 Å². The van der Waals surface area contributed by atoms with Crippen molar-refractivity contribution in [1.29, 1.82) is 5.26 Å².